The van der Waals surface area contributed by atoms with Crippen molar-refractivity contribution in [1.82, 2.24) is 4.98 Å². The highest BCUT2D eigenvalue weighted by Crippen LogP contribution is 2.10. The van der Waals surface area contributed by atoms with Crippen LogP contribution in [-0.4, -0.2) is 27.9 Å². The number of carbonyl (C=O) groups excluding carboxylic acids is 1. The maximum Gasteiger partial charge on any atom is 0.320 e. The van der Waals surface area contributed by atoms with E-state index in [0.29, 0.717) is 16.8 Å². The number of hydrogen-bond acceptors (Lipinski definition) is 5. The summed E-state index contributed by atoms with van der Waals surface area (Å²) in [5.74, 6) is -1.00. The summed E-state index contributed by atoms with van der Waals surface area (Å²) in [7, 11) is 0. The molecule has 110 valence electrons. The van der Waals surface area contributed by atoms with Crippen LogP contribution in [0.2, 0.25) is 0 Å². The number of nitrogen functional groups attached to an aromatic ring is 1. The molecule has 0 saturated heterocycles. The van der Waals surface area contributed by atoms with Crippen molar-refractivity contribution in [3.8, 4) is 0 Å². The molecule has 0 fully saturated rings. The molecule has 0 aliphatic heterocycles. The summed E-state index contributed by atoms with van der Waals surface area (Å²) < 4.78 is 0. The number of ketones is 1. The number of aromatic nitrogens is 1. The number of carbonyl (C=O) groups is 2. The van der Waals surface area contributed by atoms with E-state index < -0.39 is 12.0 Å². The first kappa shape index (κ1) is 16.3. The number of carboxylic acids is 1. The standard InChI is InChI=1S/C12H10N2O.C3H7NO2/c13-11-5-3-9(4-6-11)12(15)10-2-1-7-14-8-10;1-2(4)3(5)6/h1-8H,13H2;2H,4H2,1H3,(H,5,6)/t;2-/m.0/s1. The van der Waals surface area contributed by atoms with Crippen LogP contribution in [0, 0.1) is 0 Å². The number of benzene rings is 1. The molecule has 5 N–H and O–H groups in total. The second-order valence-corrected chi connectivity index (χ2v) is 4.32. The monoisotopic (exact) mass is 287 g/mol. The predicted molar refractivity (Wildman–Crippen MR) is 79.8 cm³/mol. The zero-order valence-corrected chi connectivity index (χ0v) is 11.6. The highest BCUT2D eigenvalue weighted by Gasteiger charge is 2.07. The Bertz CT molecular complexity index is 595. The van der Waals surface area contributed by atoms with Gasteiger partial charge in [0.05, 0.1) is 0 Å². The number of rotatable bonds is 3. The van der Waals surface area contributed by atoms with E-state index in [1.807, 2.05) is 0 Å². The number of nitrogens with zero attached hydrogens (tertiary/aromatic N) is 1. The van der Waals surface area contributed by atoms with Crippen molar-refractivity contribution in [2.45, 2.75) is 13.0 Å². The van der Waals surface area contributed by atoms with Gasteiger partial charge in [-0.2, -0.15) is 0 Å². The quantitative estimate of drug-likeness (QED) is 0.578. The van der Waals surface area contributed by atoms with Crippen LogP contribution in [0.3, 0.4) is 0 Å². The Hall–Kier alpha value is -2.73. The first-order valence-electron chi connectivity index (χ1n) is 6.20. The fourth-order valence-electron chi connectivity index (χ4n) is 1.30. The Labute approximate surface area is 122 Å². The van der Waals surface area contributed by atoms with E-state index in [0.717, 1.165) is 0 Å². The van der Waals surface area contributed by atoms with Crippen LogP contribution < -0.4 is 11.5 Å². The number of aliphatic carboxylic acids is 1. The lowest BCUT2D eigenvalue weighted by Gasteiger charge is -2.00. The molecule has 0 amide bonds. The third-order valence-corrected chi connectivity index (χ3v) is 2.49. The Morgan fingerprint density at radius 2 is 1.71 bits per heavy atom. The van der Waals surface area contributed by atoms with Gasteiger partial charge in [-0.25, -0.2) is 0 Å². The maximum absolute atomic E-state index is 11.9. The molecule has 0 spiro atoms. The average molecular weight is 287 g/mol. The van der Waals surface area contributed by atoms with Gasteiger partial charge in [-0.1, -0.05) is 0 Å². The zero-order chi connectivity index (χ0) is 15.8. The molecule has 1 aromatic carbocycles. The van der Waals surface area contributed by atoms with Gasteiger partial charge in [-0.05, 0) is 43.3 Å². The van der Waals surface area contributed by atoms with Gasteiger partial charge in [0.25, 0.3) is 0 Å². The van der Waals surface area contributed by atoms with Gasteiger partial charge < -0.3 is 16.6 Å². The molecule has 21 heavy (non-hydrogen) atoms. The first-order valence-corrected chi connectivity index (χ1v) is 6.20. The summed E-state index contributed by atoms with van der Waals surface area (Å²) >= 11 is 0. The number of pyridine rings is 1. The minimum Gasteiger partial charge on any atom is -0.480 e. The number of nitrogens with two attached hydrogens (primary N) is 2. The number of hydrogen-bond donors (Lipinski definition) is 3. The molecule has 2 rings (SSSR count). The molecule has 1 aromatic heterocycles. The fourth-order valence-corrected chi connectivity index (χ4v) is 1.30. The predicted octanol–water partition coefficient (Wildman–Crippen LogP) is 1.31. The molecule has 0 aliphatic carbocycles. The third-order valence-electron chi connectivity index (χ3n) is 2.49. The fraction of sp³-hybridized carbons (Fsp3) is 0.133. The summed E-state index contributed by atoms with van der Waals surface area (Å²) in [6.07, 6.45) is 3.19. The summed E-state index contributed by atoms with van der Waals surface area (Å²) in [5, 5.41) is 7.87. The van der Waals surface area contributed by atoms with Gasteiger partial charge in [0.1, 0.15) is 6.04 Å². The van der Waals surface area contributed by atoms with Gasteiger partial charge >= 0.3 is 5.97 Å². The second-order valence-electron chi connectivity index (χ2n) is 4.32. The van der Waals surface area contributed by atoms with E-state index in [1.165, 1.54) is 6.92 Å². The average Bonchev–Trinajstić information content (AvgIpc) is 2.49. The van der Waals surface area contributed by atoms with Gasteiger partial charge in [-0.15, -0.1) is 0 Å². The normalized spacial score (nSPS) is 11.0. The molecule has 0 radical (unpaired) electrons. The lowest BCUT2D eigenvalue weighted by Crippen LogP contribution is -2.25. The molecule has 2 aromatic rings. The van der Waals surface area contributed by atoms with Crippen LogP contribution >= 0.6 is 0 Å². The zero-order valence-electron chi connectivity index (χ0n) is 11.6. The van der Waals surface area contributed by atoms with Crippen LogP contribution in [-0.2, 0) is 4.79 Å². The van der Waals surface area contributed by atoms with Crippen LogP contribution in [0.25, 0.3) is 0 Å². The van der Waals surface area contributed by atoms with E-state index in [9.17, 15) is 9.59 Å². The first-order chi connectivity index (χ1) is 9.91. The minimum absolute atomic E-state index is 0.0388. The molecule has 6 heteroatoms. The van der Waals surface area contributed by atoms with Crippen LogP contribution in [0.5, 0.6) is 0 Å². The molecule has 0 bridgehead atoms. The van der Waals surface area contributed by atoms with Gasteiger partial charge in [-0.3, -0.25) is 14.6 Å². The van der Waals surface area contributed by atoms with E-state index in [2.05, 4.69) is 4.98 Å². The summed E-state index contributed by atoms with van der Waals surface area (Å²) in [6, 6.07) is 9.60. The Kier molecular flexibility index (Phi) is 6.03. The van der Waals surface area contributed by atoms with Crippen LogP contribution in [0.15, 0.2) is 48.8 Å². The van der Waals surface area contributed by atoms with Crippen LogP contribution in [0.1, 0.15) is 22.8 Å². The van der Waals surface area contributed by atoms with Gasteiger partial charge in [0.2, 0.25) is 0 Å². The Morgan fingerprint density at radius 3 is 2.14 bits per heavy atom. The largest absolute Gasteiger partial charge is 0.480 e. The van der Waals surface area contributed by atoms with Crippen molar-refractivity contribution in [3.63, 3.8) is 0 Å². The minimum atomic E-state index is -0.963. The lowest BCUT2D eigenvalue weighted by molar-refractivity contribution is -0.138. The van der Waals surface area contributed by atoms with Crippen LogP contribution in [0.4, 0.5) is 5.69 Å². The summed E-state index contributed by atoms with van der Waals surface area (Å²) in [4.78, 5) is 25.4. The third kappa shape index (κ3) is 5.42. The van der Waals surface area contributed by atoms with Crippen molar-refractivity contribution in [2.24, 2.45) is 5.73 Å². The van der Waals surface area contributed by atoms with Crippen molar-refractivity contribution in [2.75, 3.05) is 5.73 Å². The molecule has 0 aliphatic rings. The van der Waals surface area contributed by atoms with E-state index in [4.69, 9.17) is 16.6 Å². The molecule has 1 atom stereocenters. The topological polar surface area (TPSA) is 119 Å². The van der Waals surface area contributed by atoms with E-state index in [1.54, 1.807) is 48.8 Å². The molecular weight excluding hydrogens is 270 g/mol. The summed E-state index contributed by atoms with van der Waals surface area (Å²) in [5.41, 5.74) is 12.2. The maximum atomic E-state index is 11.9. The highest BCUT2D eigenvalue weighted by atomic mass is 16.4. The van der Waals surface area contributed by atoms with Crippen molar-refractivity contribution in [1.29, 1.82) is 0 Å². The van der Waals surface area contributed by atoms with E-state index >= 15 is 0 Å². The number of carboxylic acid groups (broad SMARTS) is 1. The SMILES string of the molecule is C[C@H](N)C(=O)O.Nc1ccc(C(=O)c2cccnc2)cc1. The summed E-state index contributed by atoms with van der Waals surface area (Å²) in [6.45, 7) is 1.42. The molecule has 6 nitrogen and oxygen atoms in total. The van der Waals surface area contributed by atoms with Crippen molar-refractivity contribution >= 4 is 17.4 Å². The molecule has 0 saturated carbocycles. The lowest BCUT2D eigenvalue weighted by atomic mass is 10.1. The molecule has 0 unspecified atom stereocenters. The van der Waals surface area contributed by atoms with E-state index in [-0.39, 0.29) is 5.78 Å². The van der Waals surface area contributed by atoms with Crippen molar-refractivity contribution < 1.29 is 14.7 Å². The second kappa shape index (κ2) is 7.76. The van der Waals surface area contributed by atoms with Gasteiger partial charge in [0, 0.05) is 29.2 Å². The van der Waals surface area contributed by atoms with Gasteiger partial charge in [0.15, 0.2) is 5.78 Å². The highest BCUT2D eigenvalue weighted by molar-refractivity contribution is 6.08. The Morgan fingerprint density at radius 1 is 1.14 bits per heavy atom. The smallest absolute Gasteiger partial charge is 0.320 e. The molecule has 1 heterocycles. The number of anilines is 1. The van der Waals surface area contributed by atoms with Crippen molar-refractivity contribution in [3.05, 3.63) is 59.9 Å². The molecular formula is C15H17N3O3. The Balaban J connectivity index is 0.000000315.